The molecule has 0 amide bonds. The van der Waals surface area contributed by atoms with Crippen molar-refractivity contribution >= 4 is 0 Å². The second kappa shape index (κ2) is 15.1. The largest absolute Gasteiger partial charge is 0.501 e. The van der Waals surface area contributed by atoms with Gasteiger partial charge < -0.3 is 29.9 Å². The van der Waals surface area contributed by atoms with Crippen LogP contribution in [0.5, 0.6) is 0 Å². The number of aliphatic hydroxyl groups is 4. The van der Waals surface area contributed by atoms with Crippen molar-refractivity contribution in [1.29, 1.82) is 0 Å². The summed E-state index contributed by atoms with van der Waals surface area (Å²) in [6.45, 7) is 4.34. The number of fused-ring (bicyclic) bond motifs is 8. The van der Waals surface area contributed by atoms with E-state index >= 15 is 0 Å². The molecule has 0 aromatic carbocycles. The number of ether oxygens (including phenoxy) is 2. The SMILES string of the molecule is CC[C@]12CCC3C4=C(CCC3C1CC[C@@]2(O)/C=C\CO)CC(OC)=CC4.CC[C@]12CCC3C4=C(CCC3C1CC[C@@]2(O)C#CCO)CC(OC)=CC4. The van der Waals surface area contributed by atoms with Crippen LogP contribution < -0.4 is 0 Å². The zero-order valence-electron chi connectivity index (χ0n) is 32.5. The Bertz CT molecular complexity index is 1570. The minimum atomic E-state index is -0.912. The van der Waals surface area contributed by atoms with Gasteiger partial charge in [0.15, 0.2) is 0 Å². The van der Waals surface area contributed by atoms with Crippen LogP contribution in [-0.4, -0.2) is 59.1 Å². The van der Waals surface area contributed by atoms with Gasteiger partial charge in [0.1, 0.15) is 12.2 Å². The normalized spacial score (nSPS) is 41.8. The molecule has 0 heterocycles. The van der Waals surface area contributed by atoms with Crippen LogP contribution in [0.4, 0.5) is 0 Å². The lowest BCUT2D eigenvalue weighted by molar-refractivity contribution is -0.0914. The third-order valence-electron chi connectivity index (χ3n) is 16.5. The summed E-state index contributed by atoms with van der Waals surface area (Å²) in [4.78, 5) is 0. The van der Waals surface area contributed by atoms with Gasteiger partial charge in [-0.15, -0.1) is 0 Å². The molecule has 6 nitrogen and oxygen atoms in total. The van der Waals surface area contributed by atoms with E-state index in [9.17, 15) is 15.3 Å². The topological polar surface area (TPSA) is 99.4 Å². The summed E-state index contributed by atoms with van der Waals surface area (Å²) < 4.78 is 11.0. The molecule has 52 heavy (non-hydrogen) atoms. The van der Waals surface area contributed by atoms with Gasteiger partial charge in [-0.2, -0.15) is 0 Å². The molecule has 0 bridgehead atoms. The first kappa shape index (κ1) is 38.0. The van der Waals surface area contributed by atoms with Crippen LogP contribution in [0.2, 0.25) is 0 Å². The number of hydrogen-bond acceptors (Lipinski definition) is 6. The van der Waals surface area contributed by atoms with E-state index in [1.165, 1.54) is 38.5 Å². The molecule has 8 rings (SSSR count). The van der Waals surface area contributed by atoms with Crippen molar-refractivity contribution < 1.29 is 29.9 Å². The molecule has 0 saturated heterocycles. The first-order valence-corrected chi connectivity index (χ1v) is 20.9. The fraction of sp³-hybridized carbons (Fsp3) is 0.739. The summed E-state index contributed by atoms with van der Waals surface area (Å²) in [5.41, 5.74) is 4.92. The summed E-state index contributed by atoms with van der Waals surface area (Å²) in [5, 5.41) is 41.3. The maximum Gasteiger partial charge on any atom is 0.131 e. The summed E-state index contributed by atoms with van der Waals surface area (Å²) in [6.07, 6.45) is 27.7. The highest BCUT2D eigenvalue weighted by atomic mass is 16.5. The molecule has 8 aliphatic carbocycles. The van der Waals surface area contributed by atoms with Gasteiger partial charge in [-0.25, -0.2) is 0 Å². The Kier molecular flexibility index (Phi) is 11.0. The number of rotatable bonds is 6. The van der Waals surface area contributed by atoms with E-state index in [1.807, 2.05) is 6.08 Å². The standard InChI is InChI=1S/C23H34O3.C23H32O3/c2*1-3-22-12-9-19-18-8-6-17(26-2)15-16(18)5-7-20(19)21(22)10-13-23(22,25)11-4-14-24/h4,6,11,19-21,24-25H,3,5,7-10,12-15H2,1-2H3;6,19-21,24-25H,3,5,7-10,12-15H2,1-2H3/b11-4-;/t2*19?,20?,21?,22-,23-/m00/s1. The van der Waals surface area contributed by atoms with Crippen LogP contribution in [-0.2, 0) is 9.47 Å². The van der Waals surface area contributed by atoms with Crippen molar-refractivity contribution in [2.45, 2.75) is 141 Å². The molecule has 4 N–H and O–H groups in total. The van der Waals surface area contributed by atoms with E-state index in [1.54, 1.807) is 42.6 Å². The molecule has 0 spiro atoms. The average Bonchev–Trinajstić information content (AvgIpc) is 3.66. The molecule has 4 fully saturated rings. The van der Waals surface area contributed by atoms with Crippen LogP contribution in [0, 0.1) is 58.2 Å². The Morgan fingerprint density at radius 3 is 1.79 bits per heavy atom. The van der Waals surface area contributed by atoms with Crippen LogP contribution >= 0.6 is 0 Å². The van der Waals surface area contributed by atoms with Gasteiger partial charge >= 0.3 is 0 Å². The lowest BCUT2D eigenvalue weighted by Gasteiger charge is -2.55. The fourth-order valence-electron chi connectivity index (χ4n) is 14.1. The highest BCUT2D eigenvalue weighted by Crippen LogP contribution is 2.67. The van der Waals surface area contributed by atoms with Gasteiger partial charge in [-0.3, -0.25) is 0 Å². The molecule has 0 aliphatic heterocycles. The van der Waals surface area contributed by atoms with Crippen molar-refractivity contribution in [2.75, 3.05) is 27.4 Å². The second-order valence-electron chi connectivity index (χ2n) is 17.6. The van der Waals surface area contributed by atoms with Gasteiger partial charge in [0.25, 0.3) is 0 Å². The van der Waals surface area contributed by atoms with Gasteiger partial charge in [-0.05, 0) is 150 Å². The molecule has 6 unspecified atom stereocenters. The third-order valence-corrected chi connectivity index (χ3v) is 16.5. The Morgan fingerprint density at radius 2 is 1.27 bits per heavy atom. The quantitative estimate of drug-likeness (QED) is 0.163. The van der Waals surface area contributed by atoms with Gasteiger partial charge in [0, 0.05) is 23.7 Å². The monoisotopic (exact) mass is 714 g/mol. The predicted molar refractivity (Wildman–Crippen MR) is 205 cm³/mol. The summed E-state index contributed by atoms with van der Waals surface area (Å²) in [6, 6.07) is 0. The van der Waals surface area contributed by atoms with Gasteiger partial charge in [0.05, 0.1) is 37.9 Å². The lowest BCUT2D eigenvalue weighted by atomic mass is 9.51. The van der Waals surface area contributed by atoms with E-state index < -0.39 is 11.2 Å². The van der Waals surface area contributed by atoms with Crippen molar-refractivity contribution in [3.05, 3.63) is 58.1 Å². The van der Waals surface area contributed by atoms with Crippen LogP contribution in [0.15, 0.2) is 58.1 Å². The Hall–Kier alpha value is -2.30. The zero-order valence-corrected chi connectivity index (χ0v) is 32.5. The molecule has 8 aliphatic rings. The first-order chi connectivity index (χ1) is 25.2. The lowest BCUT2D eigenvalue weighted by Crippen LogP contribution is -2.52. The minimum absolute atomic E-state index is 0.0000953. The van der Waals surface area contributed by atoms with Crippen molar-refractivity contribution in [2.24, 2.45) is 46.3 Å². The van der Waals surface area contributed by atoms with E-state index in [-0.39, 0.29) is 24.0 Å². The Morgan fingerprint density at radius 1 is 0.731 bits per heavy atom. The minimum Gasteiger partial charge on any atom is -0.501 e. The predicted octanol–water partition coefficient (Wildman–Crippen LogP) is 8.47. The second-order valence-corrected chi connectivity index (χ2v) is 17.6. The molecule has 4 saturated carbocycles. The summed E-state index contributed by atoms with van der Waals surface area (Å²) in [5.74, 6) is 12.1. The number of aliphatic hydroxyl groups excluding tert-OH is 2. The maximum atomic E-state index is 11.5. The third kappa shape index (κ3) is 6.00. The van der Waals surface area contributed by atoms with Crippen LogP contribution in [0.3, 0.4) is 0 Å². The average molecular weight is 715 g/mol. The van der Waals surface area contributed by atoms with Crippen molar-refractivity contribution in [1.82, 2.24) is 0 Å². The summed E-state index contributed by atoms with van der Waals surface area (Å²) in [7, 11) is 3.57. The van der Waals surface area contributed by atoms with Crippen molar-refractivity contribution in [3.63, 3.8) is 0 Å². The van der Waals surface area contributed by atoms with Gasteiger partial charge in [-0.1, -0.05) is 60.1 Å². The molecular formula is C46H66O6. The summed E-state index contributed by atoms with van der Waals surface area (Å²) >= 11 is 0. The smallest absolute Gasteiger partial charge is 0.131 e. The molecule has 0 aromatic heterocycles. The highest BCUT2D eigenvalue weighted by Gasteiger charge is 2.64. The van der Waals surface area contributed by atoms with Gasteiger partial charge in [0.2, 0.25) is 0 Å². The Balaban J connectivity index is 0.000000162. The maximum absolute atomic E-state index is 11.5. The molecule has 6 heteroatoms. The molecule has 0 radical (unpaired) electrons. The van der Waals surface area contributed by atoms with Crippen LogP contribution in [0.25, 0.3) is 0 Å². The van der Waals surface area contributed by atoms with E-state index in [4.69, 9.17) is 14.6 Å². The van der Waals surface area contributed by atoms with Crippen LogP contribution in [0.1, 0.15) is 129 Å². The fourth-order valence-corrected chi connectivity index (χ4v) is 14.1. The molecule has 286 valence electrons. The Labute approximate surface area is 313 Å². The van der Waals surface area contributed by atoms with E-state index in [0.717, 1.165) is 94.5 Å². The number of methoxy groups -OCH3 is 2. The first-order valence-electron chi connectivity index (χ1n) is 20.9. The molecule has 10 atom stereocenters. The molecule has 0 aromatic rings. The van der Waals surface area contributed by atoms with E-state index in [0.29, 0.717) is 29.6 Å². The zero-order chi connectivity index (χ0) is 36.7. The highest BCUT2D eigenvalue weighted by molar-refractivity contribution is 5.36. The number of hydrogen-bond donors (Lipinski definition) is 4. The van der Waals surface area contributed by atoms with E-state index in [2.05, 4.69) is 37.8 Å². The van der Waals surface area contributed by atoms with Crippen molar-refractivity contribution in [3.8, 4) is 11.8 Å². The molecular weight excluding hydrogens is 649 g/mol. The number of allylic oxidation sites excluding steroid dienone is 6.